The monoisotopic (exact) mass is 290 g/mol. The number of hydrogen-bond acceptors (Lipinski definition) is 3. The summed E-state index contributed by atoms with van der Waals surface area (Å²) in [7, 11) is 1.33. The first-order valence-corrected chi connectivity index (χ1v) is 5.72. The molecule has 0 spiro atoms. The summed E-state index contributed by atoms with van der Waals surface area (Å²) in [5.74, 6) is -1.26. The number of phenolic OH excluding ortho intramolecular Hbond substituents is 1. The van der Waals surface area contributed by atoms with Crippen LogP contribution in [0.25, 0.3) is 0 Å². The van der Waals surface area contributed by atoms with Gasteiger partial charge in [-0.1, -0.05) is 0 Å². The highest BCUT2D eigenvalue weighted by Crippen LogP contribution is 2.43. The molecule has 0 heterocycles. The lowest BCUT2D eigenvalue weighted by Gasteiger charge is -2.13. The Bertz CT molecular complexity index is 430. The van der Waals surface area contributed by atoms with Crippen LogP contribution in [0.5, 0.6) is 11.5 Å². The van der Waals surface area contributed by atoms with Gasteiger partial charge in [0.1, 0.15) is 0 Å². The number of methoxy groups -OCH3 is 1. The van der Waals surface area contributed by atoms with Crippen LogP contribution >= 0.6 is 15.9 Å². The van der Waals surface area contributed by atoms with Gasteiger partial charge < -0.3 is 14.9 Å². The molecule has 0 atom stereocenters. The van der Waals surface area contributed by atoms with Gasteiger partial charge in [0.05, 0.1) is 17.2 Å². The van der Waals surface area contributed by atoms with Crippen molar-refractivity contribution in [3.8, 4) is 11.5 Å². The maximum atomic E-state index is 13.6. The van der Waals surface area contributed by atoms with E-state index in [1.807, 2.05) is 0 Å². The van der Waals surface area contributed by atoms with E-state index < -0.39 is 17.2 Å². The van der Waals surface area contributed by atoms with E-state index in [4.69, 9.17) is 4.74 Å². The minimum absolute atomic E-state index is 0.0240. The molecule has 1 fully saturated rings. The number of ether oxygens (including phenoxy) is 1. The van der Waals surface area contributed by atoms with Crippen LogP contribution < -0.4 is 4.74 Å². The summed E-state index contributed by atoms with van der Waals surface area (Å²) in [6.45, 7) is 0. The Balaban J connectivity index is 2.39. The lowest BCUT2D eigenvalue weighted by molar-refractivity contribution is 0.149. The number of phenols is 1. The maximum absolute atomic E-state index is 13.6. The summed E-state index contributed by atoms with van der Waals surface area (Å²) in [5.41, 5.74) is -0.372. The summed E-state index contributed by atoms with van der Waals surface area (Å²) in [6, 6.07) is 1.58. The van der Waals surface area contributed by atoms with Gasteiger partial charge in [-0.05, 0) is 34.8 Å². The van der Waals surface area contributed by atoms with Crippen molar-refractivity contribution in [2.24, 2.45) is 0 Å². The number of hydrogen-bond donors (Lipinski definition) is 2. The quantitative estimate of drug-likeness (QED) is 0.899. The molecule has 1 saturated carbocycles. The first kappa shape index (κ1) is 11.7. The Morgan fingerprint density at radius 1 is 1.56 bits per heavy atom. The second-order valence-electron chi connectivity index (χ2n) is 4.11. The Labute approximate surface area is 101 Å². The Morgan fingerprint density at radius 3 is 2.69 bits per heavy atom. The standard InChI is InChI=1S/C11H12BrFO3/c1-16-10-7(12)4-6(9(14)8(10)13)5-11(15)2-3-11/h4,14-15H,2-3,5H2,1H3. The van der Waals surface area contributed by atoms with Crippen molar-refractivity contribution in [3.05, 3.63) is 21.9 Å². The summed E-state index contributed by atoms with van der Waals surface area (Å²) in [4.78, 5) is 0. The van der Waals surface area contributed by atoms with E-state index in [1.54, 1.807) is 6.07 Å². The number of rotatable bonds is 3. The lowest BCUT2D eigenvalue weighted by atomic mass is 10.0. The number of halogens is 2. The Morgan fingerprint density at radius 2 is 2.19 bits per heavy atom. The Kier molecular flexibility index (Phi) is 2.84. The van der Waals surface area contributed by atoms with Gasteiger partial charge in [-0.25, -0.2) is 0 Å². The van der Waals surface area contributed by atoms with Gasteiger partial charge in [-0.2, -0.15) is 4.39 Å². The lowest BCUT2D eigenvalue weighted by Crippen LogP contribution is -2.11. The predicted octanol–water partition coefficient (Wildman–Crippen LogP) is 2.37. The molecule has 1 aromatic rings. The van der Waals surface area contributed by atoms with Gasteiger partial charge in [0.25, 0.3) is 0 Å². The zero-order chi connectivity index (χ0) is 11.9. The van der Waals surface area contributed by atoms with E-state index in [0.29, 0.717) is 22.9 Å². The fourth-order valence-corrected chi connectivity index (χ4v) is 2.25. The molecule has 2 rings (SSSR count). The zero-order valence-electron chi connectivity index (χ0n) is 8.76. The third kappa shape index (κ3) is 2.01. The Hall–Kier alpha value is -0.810. The van der Waals surface area contributed by atoms with Crippen LogP contribution in [-0.2, 0) is 6.42 Å². The van der Waals surface area contributed by atoms with Gasteiger partial charge >= 0.3 is 0 Å². The summed E-state index contributed by atoms with van der Waals surface area (Å²) < 4.78 is 18.9. The van der Waals surface area contributed by atoms with Crippen LogP contribution in [0.2, 0.25) is 0 Å². The fraction of sp³-hybridized carbons (Fsp3) is 0.455. The van der Waals surface area contributed by atoms with Crippen LogP contribution in [0.4, 0.5) is 4.39 Å². The molecule has 0 radical (unpaired) electrons. The zero-order valence-corrected chi connectivity index (χ0v) is 10.3. The van der Waals surface area contributed by atoms with Gasteiger partial charge in [-0.15, -0.1) is 0 Å². The SMILES string of the molecule is COc1c(Br)cc(CC2(O)CC2)c(O)c1F. The molecule has 1 aliphatic carbocycles. The van der Waals surface area contributed by atoms with Crippen LogP contribution in [0.15, 0.2) is 10.5 Å². The minimum Gasteiger partial charge on any atom is -0.505 e. The first-order valence-electron chi connectivity index (χ1n) is 4.93. The van der Waals surface area contributed by atoms with E-state index >= 15 is 0 Å². The summed E-state index contributed by atoms with van der Waals surface area (Å²) in [5, 5.41) is 19.4. The molecular weight excluding hydrogens is 279 g/mol. The van der Waals surface area contributed by atoms with Gasteiger partial charge in [0.2, 0.25) is 5.82 Å². The smallest absolute Gasteiger partial charge is 0.208 e. The predicted molar refractivity (Wildman–Crippen MR) is 60.2 cm³/mol. The average Bonchev–Trinajstić information content (AvgIpc) is 2.93. The van der Waals surface area contributed by atoms with Crippen molar-refractivity contribution in [1.82, 2.24) is 0 Å². The van der Waals surface area contributed by atoms with Crippen molar-refractivity contribution in [2.45, 2.75) is 24.9 Å². The molecule has 2 N–H and O–H groups in total. The highest BCUT2D eigenvalue weighted by Gasteiger charge is 2.41. The largest absolute Gasteiger partial charge is 0.505 e. The summed E-state index contributed by atoms with van der Waals surface area (Å²) in [6.07, 6.45) is 1.65. The topological polar surface area (TPSA) is 49.7 Å². The molecule has 0 aliphatic heterocycles. The highest BCUT2D eigenvalue weighted by molar-refractivity contribution is 9.10. The maximum Gasteiger partial charge on any atom is 0.208 e. The fourth-order valence-electron chi connectivity index (χ4n) is 1.64. The van der Waals surface area contributed by atoms with Crippen LogP contribution in [0.1, 0.15) is 18.4 Å². The first-order chi connectivity index (χ1) is 7.47. The number of aromatic hydroxyl groups is 1. The highest BCUT2D eigenvalue weighted by atomic mass is 79.9. The van der Waals surface area contributed by atoms with E-state index in [-0.39, 0.29) is 12.2 Å². The van der Waals surface area contributed by atoms with Crippen molar-refractivity contribution in [2.75, 3.05) is 7.11 Å². The molecule has 0 amide bonds. The normalized spacial score (nSPS) is 17.2. The molecule has 3 nitrogen and oxygen atoms in total. The molecule has 0 unspecified atom stereocenters. The molecule has 1 aromatic carbocycles. The van der Waals surface area contributed by atoms with Crippen molar-refractivity contribution < 1.29 is 19.3 Å². The number of benzene rings is 1. The molecule has 0 bridgehead atoms. The molecule has 0 saturated heterocycles. The average molecular weight is 291 g/mol. The molecular formula is C11H12BrFO3. The molecule has 5 heteroatoms. The molecule has 88 valence electrons. The molecule has 0 aromatic heterocycles. The third-order valence-electron chi connectivity index (χ3n) is 2.78. The van der Waals surface area contributed by atoms with Crippen molar-refractivity contribution in [3.63, 3.8) is 0 Å². The van der Waals surface area contributed by atoms with E-state index in [2.05, 4.69) is 15.9 Å². The van der Waals surface area contributed by atoms with Gasteiger partial charge in [-0.3, -0.25) is 0 Å². The van der Waals surface area contributed by atoms with E-state index in [1.165, 1.54) is 7.11 Å². The van der Waals surface area contributed by atoms with Crippen LogP contribution in [-0.4, -0.2) is 22.9 Å². The van der Waals surface area contributed by atoms with E-state index in [0.717, 1.165) is 0 Å². The molecule has 1 aliphatic rings. The van der Waals surface area contributed by atoms with Gasteiger partial charge in [0.15, 0.2) is 11.5 Å². The van der Waals surface area contributed by atoms with Gasteiger partial charge in [0, 0.05) is 12.0 Å². The molecule has 16 heavy (non-hydrogen) atoms. The third-order valence-corrected chi connectivity index (χ3v) is 3.37. The minimum atomic E-state index is -0.795. The summed E-state index contributed by atoms with van der Waals surface area (Å²) >= 11 is 3.16. The van der Waals surface area contributed by atoms with Crippen LogP contribution in [0, 0.1) is 5.82 Å². The van der Waals surface area contributed by atoms with Crippen LogP contribution in [0.3, 0.4) is 0 Å². The second-order valence-corrected chi connectivity index (χ2v) is 4.97. The van der Waals surface area contributed by atoms with Crippen molar-refractivity contribution >= 4 is 15.9 Å². The van der Waals surface area contributed by atoms with Crippen molar-refractivity contribution in [1.29, 1.82) is 0 Å². The second kappa shape index (κ2) is 3.89. The van der Waals surface area contributed by atoms with E-state index in [9.17, 15) is 14.6 Å². The number of aliphatic hydroxyl groups is 1.